The van der Waals surface area contributed by atoms with Crippen molar-refractivity contribution >= 4 is 35.6 Å². The minimum absolute atomic E-state index is 0. The molecule has 2 aromatic carbocycles. The van der Waals surface area contributed by atoms with Crippen molar-refractivity contribution in [2.24, 2.45) is 4.99 Å². The number of aliphatic imine (C=N–C) groups is 1. The molecule has 1 aliphatic rings. The van der Waals surface area contributed by atoms with Crippen LogP contribution in [0.1, 0.15) is 37.4 Å². The molecule has 0 amide bonds. The number of guanidine groups is 1. The predicted molar refractivity (Wildman–Crippen MR) is 120 cm³/mol. The van der Waals surface area contributed by atoms with Crippen LogP contribution in [0.15, 0.2) is 53.5 Å². The van der Waals surface area contributed by atoms with Crippen molar-refractivity contribution < 1.29 is 9.66 Å². The van der Waals surface area contributed by atoms with E-state index >= 15 is 0 Å². The molecule has 2 N–H and O–H groups in total. The van der Waals surface area contributed by atoms with Crippen LogP contribution in [0.2, 0.25) is 0 Å². The van der Waals surface area contributed by atoms with Gasteiger partial charge in [-0.25, -0.2) is 4.99 Å². The van der Waals surface area contributed by atoms with Crippen LogP contribution in [-0.2, 0) is 6.54 Å². The second-order valence-electron chi connectivity index (χ2n) is 6.76. The van der Waals surface area contributed by atoms with Gasteiger partial charge in [0.15, 0.2) is 5.96 Å². The van der Waals surface area contributed by atoms with E-state index in [1.165, 1.54) is 12.1 Å². The molecule has 0 bridgehead atoms. The molecule has 0 radical (unpaired) electrons. The van der Waals surface area contributed by atoms with Crippen LogP contribution in [0.25, 0.3) is 0 Å². The van der Waals surface area contributed by atoms with Crippen LogP contribution in [0.5, 0.6) is 5.75 Å². The van der Waals surface area contributed by atoms with Gasteiger partial charge in [0.1, 0.15) is 5.75 Å². The van der Waals surface area contributed by atoms with Gasteiger partial charge in [-0.05, 0) is 25.5 Å². The highest BCUT2D eigenvalue weighted by atomic mass is 127. The molecule has 1 atom stereocenters. The molecular formula is C20H25IN4O3. The van der Waals surface area contributed by atoms with E-state index in [9.17, 15) is 10.1 Å². The van der Waals surface area contributed by atoms with Gasteiger partial charge in [0, 0.05) is 30.2 Å². The minimum atomic E-state index is -0.400. The van der Waals surface area contributed by atoms with Gasteiger partial charge in [-0.3, -0.25) is 10.1 Å². The lowest BCUT2D eigenvalue weighted by Gasteiger charge is -2.28. The number of non-ortho nitro benzene ring substituents is 1. The smallest absolute Gasteiger partial charge is 0.269 e. The molecule has 0 aromatic heterocycles. The quantitative estimate of drug-likeness (QED) is 0.213. The van der Waals surface area contributed by atoms with E-state index in [0.717, 1.165) is 23.3 Å². The third-order valence-corrected chi connectivity index (χ3v) is 4.26. The molecule has 3 rings (SSSR count). The standard InChI is InChI=1S/C20H24N4O3.HI/c1-14(2)22-20(21-13-15-7-9-16(10-8-15)24(25)26)23-18-11-12-27-19-6-4-3-5-17(18)19;/h3-10,14,18H,11-13H2,1-2H3,(H2,21,22,23);1H. The van der Waals surface area contributed by atoms with Gasteiger partial charge in [0.25, 0.3) is 5.69 Å². The Hall–Kier alpha value is -2.36. The molecule has 0 saturated carbocycles. The predicted octanol–water partition coefficient (Wildman–Crippen LogP) is 4.18. The lowest BCUT2D eigenvalue weighted by molar-refractivity contribution is -0.384. The van der Waals surface area contributed by atoms with Gasteiger partial charge >= 0.3 is 0 Å². The summed E-state index contributed by atoms with van der Waals surface area (Å²) in [7, 11) is 0. The Morgan fingerprint density at radius 1 is 1.25 bits per heavy atom. The summed E-state index contributed by atoms with van der Waals surface area (Å²) in [5.74, 6) is 1.62. The van der Waals surface area contributed by atoms with Crippen LogP contribution >= 0.6 is 24.0 Å². The SMILES string of the molecule is CC(C)NC(=NCc1ccc([N+](=O)[O-])cc1)NC1CCOc2ccccc21.I. The van der Waals surface area contributed by atoms with Crippen molar-refractivity contribution in [3.63, 3.8) is 0 Å². The summed E-state index contributed by atoms with van der Waals surface area (Å²) in [6, 6.07) is 14.8. The summed E-state index contributed by atoms with van der Waals surface area (Å²) < 4.78 is 5.72. The zero-order valence-electron chi connectivity index (χ0n) is 15.9. The topological polar surface area (TPSA) is 88.8 Å². The summed E-state index contributed by atoms with van der Waals surface area (Å²) in [6.07, 6.45) is 0.855. The molecule has 1 aliphatic heterocycles. The van der Waals surface area contributed by atoms with Crippen molar-refractivity contribution in [1.29, 1.82) is 0 Å². The average Bonchev–Trinajstić information content (AvgIpc) is 2.66. The van der Waals surface area contributed by atoms with Gasteiger partial charge in [-0.1, -0.05) is 30.3 Å². The number of nitro benzene ring substituents is 1. The van der Waals surface area contributed by atoms with E-state index in [0.29, 0.717) is 19.1 Å². The van der Waals surface area contributed by atoms with Crippen molar-refractivity contribution in [2.75, 3.05) is 6.61 Å². The summed E-state index contributed by atoms with van der Waals surface area (Å²) in [6.45, 7) is 5.21. The average molecular weight is 496 g/mol. The lowest BCUT2D eigenvalue weighted by Crippen LogP contribution is -2.43. The number of para-hydroxylation sites is 1. The van der Waals surface area contributed by atoms with Crippen LogP contribution in [0.4, 0.5) is 5.69 Å². The number of hydrogen-bond acceptors (Lipinski definition) is 4. The number of benzene rings is 2. The second-order valence-corrected chi connectivity index (χ2v) is 6.76. The number of nitrogens with one attached hydrogen (secondary N) is 2. The highest BCUT2D eigenvalue weighted by Gasteiger charge is 2.22. The van der Waals surface area contributed by atoms with Crippen molar-refractivity contribution in [2.45, 2.75) is 38.9 Å². The molecule has 28 heavy (non-hydrogen) atoms. The Kier molecular flexibility index (Phi) is 8.04. The van der Waals surface area contributed by atoms with E-state index in [4.69, 9.17) is 4.74 Å². The van der Waals surface area contributed by atoms with Gasteiger partial charge in [0.05, 0.1) is 24.1 Å². The Morgan fingerprint density at radius 3 is 2.64 bits per heavy atom. The maximum absolute atomic E-state index is 10.8. The van der Waals surface area contributed by atoms with E-state index in [-0.39, 0.29) is 41.7 Å². The fraction of sp³-hybridized carbons (Fsp3) is 0.350. The molecule has 2 aromatic rings. The van der Waals surface area contributed by atoms with Gasteiger partial charge in [-0.15, -0.1) is 24.0 Å². The van der Waals surface area contributed by atoms with Gasteiger partial charge < -0.3 is 15.4 Å². The van der Waals surface area contributed by atoms with Crippen LogP contribution in [-0.4, -0.2) is 23.5 Å². The number of ether oxygens (including phenoxy) is 1. The molecular weight excluding hydrogens is 471 g/mol. The highest BCUT2D eigenvalue weighted by molar-refractivity contribution is 14.0. The molecule has 0 saturated heterocycles. The Morgan fingerprint density at radius 2 is 1.96 bits per heavy atom. The van der Waals surface area contributed by atoms with Crippen molar-refractivity contribution in [3.05, 3.63) is 69.8 Å². The highest BCUT2D eigenvalue weighted by Crippen LogP contribution is 2.31. The zero-order valence-corrected chi connectivity index (χ0v) is 18.3. The molecule has 150 valence electrons. The summed E-state index contributed by atoms with van der Waals surface area (Å²) in [5.41, 5.74) is 2.12. The number of fused-ring (bicyclic) bond motifs is 1. The Bertz CT molecular complexity index is 824. The lowest BCUT2D eigenvalue weighted by atomic mass is 10.0. The monoisotopic (exact) mass is 496 g/mol. The maximum atomic E-state index is 10.8. The third-order valence-electron chi connectivity index (χ3n) is 4.26. The Labute approximate surface area is 181 Å². The fourth-order valence-electron chi connectivity index (χ4n) is 2.96. The van der Waals surface area contributed by atoms with Gasteiger partial charge in [0.2, 0.25) is 0 Å². The molecule has 0 aliphatic carbocycles. The van der Waals surface area contributed by atoms with E-state index in [1.807, 2.05) is 18.2 Å². The van der Waals surface area contributed by atoms with Crippen molar-refractivity contribution in [3.8, 4) is 5.75 Å². The first-order valence-corrected chi connectivity index (χ1v) is 9.05. The number of nitro groups is 1. The molecule has 7 nitrogen and oxygen atoms in total. The molecule has 0 fully saturated rings. The summed E-state index contributed by atoms with van der Waals surface area (Å²) in [4.78, 5) is 15.0. The summed E-state index contributed by atoms with van der Waals surface area (Å²) >= 11 is 0. The van der Waals surface area contributed by atoms with E-state index in [1.54, 1.807) is 12.1 Å². The normalized spacial score (nSPS) is 15.8. The molecule has 0 spiro atoms. The second kappa shape index (κ2) is 10.3. The molecule has 8 heteroatoms. The molecule has 1 unspecified atom stereocenters. The van der Waals surface area contributed by atoms with Crippen molar-refractivity contribution in [1.82, 2.24) is 10.6 Å². The van der Waals surface area contributed by atoms with E-state index in [2.05, 4.69) is 35.5 Å². The van der Waals surface area contributed by atoms with Crippen LogP contribution in [0.3, 0.4) is 0 Å². The fourth-order valence-corrected chi connectivity index (χ4v) is 2.96. The number of rotatable bonds is 5. The minimum Gasteiger partial charge on any atom is -0.493 e. The maximum Gasteiger partial charge on any atom is 0.269 e. The van der Waals surface area contributed by atoms with Crippen LogP contribution < -0.4 is 15.4 Å². The third kappa shape index (κ3) is 5.82. The first kappa shape index (κ1) is 21.9. The number of halogens is 1. The zero-order chi connectivity index (χ0) is 19.2. The van der Waals surface area contributed by atoms with E-state index < -0.39 is 4.92 Å². The number of hydrogen-bond donors (Lipinski definition) is 2. The first-order chi connectivity index (χ1) is 13.0. The summed E-state index contributed by atoms with van der Waals surface area (Å²) in [5, 5.41) is 17.6. The largest absolute Gasteiger partial charge is 0.493 e. The number of nitrogens with zero attached hydrogens (tertiary/aromatic N) is 2. The Balaban J connectivity index is 0.00000280. The molecule has 1 heterocycles. The van der Waals surface area contributed by atoms with Gasteiger partial charge in [-0.2, -0.15) is 0 Å². The van der Waals surface area contributed by atoms with Crippen LogP contribution in [0, 0.1) is 10.1 Å². The first-order valence-electron chi connectivity index (χ1n) is 9.05.